The molecule has 0 spiro atoms. The Morgan fingerprint density at radius 1 is 1.33 bits per heavy atom. The Hall–Kier alpha value is -2.45. The maximum Gasteiger partial charge on any atom is 0.271 e. The molecule has 0 saturated carbocycles. The van der Waals surface area contributed by atoms with Crippen molar-refractivity contribution in [2.45, 2.75) is 11.8 Å². The van der Waals surface area contributed by atoms with Crippen LogP contribution in [0.5, 0.6) is 0 Å². The molecular weight excluding hydrogens is 346 g/mol. The molecule has 0 radical (unpaired) electrons. The fourth-order valence-electron chi connectivity index (χ4n) is 2.15. The van der Waals surface area contributed by atoms with Crippen LogP contribution in [0.1, 0.15) is 17.3 Å². The summed E-state index contributed by atoms with van der Waals surface area (Å²) in [5.41, 5.74) is 1.04. The van der Waals surface area contributed by atoms with Gasteiger partial charge in [0, 0.05) is 22.6 Å². The van der Waals surface area contributed by atoms with Gasteiger partial charge in [-0.05, 0) is 30.0 Å². The fourth-order valence-corrected chi connectivity index (χ4v) is 3.71. The monoisotopic (exact) mass is 359 g/mol. The number of nitrogens with zero attached hydrogens (tertiary/aromatic N) is 2. The molecule has 6 nitrogen and oxygen atoms in total. The predicted molar refractivity (Wildman–Crippen MR) is 97.1 cm³/mol. The van der Waals surface area contributed by atoms with E-state index in [9.17, 15) is 14.9 Å². The number of nitro groups is 1. The first-order valence-corrected chi connectivity index (χ1v) is 8.96. The quantitative estimate of drug-likeness (QED) is 0.410. The first-order chi connectivity index (χ1) is 11.6. The van der Waals surface area contributed by atoms with Gasteiger partial charge in [-0.15, -0.1) is 11.8 Å². The van der Waals surface area contributed by atoms with Gasteiger partial charge in [0.1, 0.15) is 0 Å². The van der Waals surface area contributed by atoms with Crippen molar-refractivity contribution in [2.24, 2.45) is 0 Å². The molecule has 1 aromatic heterocycles. The Kier molecular flexibility index (Phi) is 4.77. The molecular formula is C16H13N3O3S2. The molecule has 0 saturated heterocycles. The minimum absolute atomic E-state index is 0.0185. The summed E-state index contributed by atoms with van der Waals surface area (Å²) in [7, 11) is 0. The van der Waals surface area contributed by atoms with E-state index in [4.69, 9.17) is 0 Å². The summed E-state index contributed by atoms with van der Waals surface area (Å²) in [5, 5.41) is 14.0. The summed E-state index contributed by atoms with van der Waals surface area (Å²) in [6, 6.07) is 11.8. The van der Waals surface area contributed by atoms with Gasteiger partial charge in [0.15, 0.2) is 5.13 Å². The number of non-ortho nitro benzene ring substituents is 1. The lowest BCUT2D eigenvalue weighted by Gasteiger charge is -2.04. The highest BCUT2D eigenvalue weighted by atomic mass is 32.2. The van der Waals surface area contributed by atoms with Crippen LogP contribution in [-0.2, 0) is 0 Å². The summed E-state index contributed by atoms with van der Waals surface area (Å²) < 4.78 is 0.784. The third-order valence-electron chi connectivity index (χ3n) is 3.21. The van der Waals surface area contributed by atoms with Crippen LogP contribution in [0.2, 0.25) is 0 Å². The van der Waals surface area contributed by atoms with Crippen LogP contribution in [0.4, 0.5) is 10.8 Å². The van der Waals surface area contributed by atoms with Gasteiger partial charge in [0.05, 0.1) is 15.1 Å². The Morgan fingerprint density at radius 2 is 2.17 bits per heavy atom. The van der Waals surface area contributed by atoms with Crippen LogP contribution < -0.4 is 5.32 Å². The van der Waals surface area contributed by atoms with Gasteiger partial charge in [-0.2, -0.15) is 0 Å². The van der Waals surface area contributed by atoms with E-state index in [0.717, 1.165) is 15.3 Å². The van der Waals surface area contributed by atoms with Crippen molar-refractivity contribution >= 4 is 50.0 Å². The van der Waals surface area contributed by atoms with E-state index in [1.165, 1.54) is 23.5 Å². The number of rotatable bonds is 5. The molecule has 8 heteroatoms. The first-order valence-electron chi connectivity index (χ1n) is 7.16. The van der Waals surface area contributed by atoms with E-state index in [1.807, 2.05) is 18.2 Å². The van der Waals surface area contributed by atoms with Crippen molar-refractivity contribution in [1.29, 1.82) is 0 Å². The lowest BCUT2D eigenvalue weighted by Crippen LogP contribution is -2.11. The van der Waals surface area contributed by atoms with Gasteiger partial charge >= 0.3 is 0 Å². The van der Waals surface area contributed by atoms with Gasteiger partial charge < -0.3 is 0 Å². The zero-order valence-corrected chi connectivity index (χ0v) is 14.3. The van der Waals surface area contributed by atoms with Crippen molar-refractivity contribution in [3.63, 3.8) is 0 Å². The molecule has 0 unspecified atom stereocenters. The van der Waals surface area contributed by atoms with E-state index < -0.39 is 4.92 Å². The third kappa shape index (κ3) is 3.55. The highest BCUT2D eigenvalue weighted by Crippen LogP contribution is 2.29. The number of benzene rings is 2. The predicted octanol–water partition coefficient (Wildman–Crippen LogP) is 4.57. The minimum Gasteiger partial charge on any atom is -0.298 e. The minimum atomic E-state index is -0.464. The maximum atomic E-state index is 12.4. The second-order valence-corrected chi connectivity index (χ2v) is 7.21. The molecule has 0 aliphatic carbocycles. The highest BCUT2D eigenvalue weighted by molar-refractivity contribution is 7.99. The number of carbonyl (C=O) groups excluding carboxylic acids is 1. The van der Waals surface area contributed by atoms with Crippen molar-refractivity contribution in [3.8, 4) is 0 Å². The van der Waals surface area contributed by atoms with Crippen molar-refractivity contribution in [3.05, 3.63) is 58.1 Å². The van der Waals surface area contributed by atoms with E-state index in [2.05, 4.69) is 17.2 Å². The SMILES string of the molecule is CCSc1cccc(C(=O)Nc2nc3cc([N+](=O)[O-])ccc3s2)c1. The third-order valence-corrected chi connectivity index (χ3v) is 5.04. The Bertz CT molecular complexity index is 924. The lowest BCUT2D eigenvalue weighted by atomic mass is 10.2. The van der Waals surface area contributed by atoms with Crippen molar-refractivity contribution < 1.29 is 9.72 Å². The average molecular weight is 359 g/mol. The first kappa shape index (κ1) is 16.4. The topological polar surface area (TPSA) is 85.1 Å². The fraction of sp³-hybridized carbons (Fsp3) is 0.125. The Labute approximate surface area is 146 Å². The van der Waals surface area contributed by atoms with Crippen molar-refractivity contribution in [1.82, 2.24) is 4.98 Å². The second-order valence-electron chi connectivity index (χ2n) is 4.84. The molecule has 0 aliphatic rings. The molecule has 3 aromatic rings. The Balaban J connectivity index is 1.82. The van der Waals surface area contributed by atoms with Crippen LogP contribution in [0.3, 0.4) is 0 Å². The van der Waals surface area contributed by atoms with E-state index >= 15 is 0 Å². The molecule has 0 fully saturated rings. The molecule has 0 bridgehead atoms. The number of nitro benzene ring substituents is 1. The number of amides is 1. The zero-order chi connectivity index (χ0) is 17.1. The normalized spacial score (nSPS) is 10.7. The number of thiazole rings is 1. The molecule has 0 atom stereocenters. The summed E-state index contributed by atoms with van der Waals surface area (Å²) in [4.78, 5) is 28.0. The number of hydrogen-bond donors (Lipinski definition) is 1. The van der Waals surface area contributed by atoms with Crippen LogP contribution in [-0.4, -0.2) is 21.6 Å². The van der Waals surface area contributed by atoms with Gasteiger partial charge in [-0.3, -0.25) is 20.2 Å². The average Bonchev–Trinajstić information content (AvgIpc) is 2.96. The number of aromatic nitrogens is 1. The van der Waals surface area contributed by atoms with Gasteiger partial charge in [-0.1, -0.05) is 24.3 Å². The van der Waals surface area contributed by atoms with Crippen LogP contribution in [0.25, 0.3) is 10.2 Å². The van der Waals surface area contributed by atoms with E-state index in [1.54, 1.807) is 23.9 Å². The number of anilines is 1. The number of thioether (sulfide) groups is 1. The van der Waals surface area contributed by atoms with Gasteiger partial charge in [-0.25, -0.2) is 4.98 Å². The molecule has 122 valence electrons. The maximum absolute atomic E-state index is 12.4. The zero-order valence-electron chi connectivity index (χ0n) is 12.7. The van der Waals surface area contributed by atoms with Gasteiger partial charge in [0.25, 0.3) is 11.6 Å². The van der Waals surface area contributed by atoms with Gasteiger partial charge in [0.2, 0.25) is 0 Å². The largest absolute Gasteiger partial charge is 0.298 e. The summed E-state index contributed by atoms with van der Waals surface area (Å²) in [5.74, 6) is 0.684. The molecule has 3 rings (SSSR count). The van der Waals surface area contributed by atoms with Crippen molar-refractivity contribution in [2.75, 3.05) is 11.1 Å². The van der Waals surface area contributed by atoms with Crippen LogP contribution in [0.15, 0.2) is 47.4 Å². The molecule has 2 aromatic carbocycles. The smallest absolute Gasteiger partial charge is 0.271 e. The molecule has 1 N–H and O–H groups in total. The standard InChI is InChI=1S/C16H13N3O3S2/c1-2-23-12-5-3-4-10(8-12)15(20)18-16-17-13-9-11(19(21)22)6-7-14(13)24-16/h3-9H,2H2,1H3,(H,17,18,20). The highest BCUT2D eigenvalue weighted by Gasteiger charge is 2.13. The van der Waals surface area contributed by atoms with Crippen LogP contribution >= 0.6 is 23.1 Å². The second kappa shape index (κ2) is 6.98. The number of hydrogen-bond acceptors (Lipinski definition) is 6. The van der Waals surface area contributed by atoms with Crippen LogP contribution in [0, 0.1) is 10.1 Å². The molecule has 1 amide bonds. The number of carbonyl (C=O) groups is 1. The summed E-state index contributed by atoms with van der Waals surface area (Å²) in [6.07, 6.45) is 0. The molecule has 0 aliphatic heterocycles. The molecule has 1 heterocycles. The molecule has 24 heavy (non-hydrogen) atoms. The van der Waals surface area contributed by atoms with E-state index in [0.29, 0.717) is 16.2 Å². The lowest BCUT2D eigenvalue weighted by molar-refractivity contribution is -0.384. The van der Waals surface area contributed by atoms with E-state index in [-0.39, 0.29) is 11.6 Å². The Morgan fingerprint density at radius 3 is 2.92 bits per heavy atom. The number of nitrogens with one attached hydrogen (secondary N) is 1. The number of fused-ring (bicyclic) bond motifs is 1. The summed E-state index contributed by atoms with van der Waals surface area (Å²) >= 11 is 2.95. The summed E-state index contributed by atoms with van der Waals surface area (Å²) in [6.45, 7) is 2.05.